The number of aliphatic imine (C=N–C) groups is 1. The van der Waals surface area contributed by atoms with Crippen molar-refractivity contribution in [1.82, 2.24) is 26.2 Å². The molecule has 6 amide bonds. The summed E-state index contributed by atoms with van der Waals surface area (Å²) >= 11 is 0. The molecule has 5 atom stereocenters. The molecule has 0 spiro atoms. The lowest BCUT2D eigenvalue weighted by Crippen LogP contribution is -2.62. The Morgan fingerprint density at radius 2 is 1.48 bits per heavy atom. The first-order valence-electron chi connectivity index (χ1n) is 20.9. The van der Waals surface area contributed by atoms with E-state index in [1.807, 2.05) is 0 Å². The Hall–Kier alpha value is -5.68. The zero-order chi connectivity index (χ0) is 45.4. The first kappa shape index (κ1) is 49.7. The number of methoxy groups -OCH3 is 1. The number of likely N-dealkylation sites (tertiary alicyclic amines) is 1. The Morgan fingerprint density at radius 1 is 0.885 bits per heavy atom. The summed E-state index contributed by atoms with van der Waals surface area (Å²) in [5, 5.41) is 20.6. The van der Waals surface area contributed by atoms with Crippen LogP contribution >= 0.6 is 0 Å². The van der Waals surface area contributed by atoms with Gasteiger partial charge in [-0.2, -0.15) is 0 Å². The van der Waals surface area contributed by atoms with Gasteiger partial charge in [-0.3, -0.25) is 38.6 Å². The number of amides is 6. The third-order valence-electron chi connectivity index (χ3n) is 11.6. The van der Waals surface area contributed by atoms with Crippen LogP contribution in [0.4, 0.5) is 0 Å². The third kappa shape index (κ3) is 14.5. The second-order valence-corrected chi connectivity index (χ2v) is 17.1. The number of nitrogens with two attached hydrogens (primary N) is 1. The van der Waals surface area contributed by atoms with E-state index in [1.54, 1.807) is 20.8 Å². The molecule has 3 fully saturated rings. The number of ketones is 1. The van der Waals surface area contributed by atoms with Gasteiger partial charge < -0.3 is 41.7 Å². The molecule has 0 unspecified atom stereocenters. The molecule has 0 bridgehead atoms. The molecule has 1 saturated heterocycles. The molecule has 0 aromatic carbocycles. The van der Waals surface area contributed by atoms with Gasteiger partial charge in [0.25, 0.3) is 0 Å². The number of Topliss-reactive ketones (excluding diaryl/α,β-unsaturated/α-hetero) is 1. The number of primary amides is 1. The Morgan fingerprint density at radius 3 is 2.00 bits per heavy atom. The fraction of sp³-hybridized carbons (Fsp3) is 0.628. The zero-order valence-corrected chi connectivity index (χ0v) is 36.0. The first-order chi connectivity index (χ1) is 28.8. The van der Waals surface area contributed by atoms with Crippen LogP contribution < -0.4 is 27.0 Å². The highest BCUT2D eigenvalue weighted by Crippen LogP contribution is 2.30. The molecule has 3 rings (SSSR count). The van der Waals surface area contributed by atoms with Crippen LogP contribution in [0.1, 0.15) is 111 Å². The molecule has 336 valence electrons. The van der Waals surface area contributed by atoms with E-state index >= 15 is 0 Å². The normalized spacial score (nSPS) is 20.2. The van der Waals surface area contributed by atoms with E-state index in [1.165, 1.54) is 20.1 Å². The molecule has 0 aromatic rings. The summed E-state index contributed by atoms with van der Waals surface area (Å²) < 4.78 is 4.60. The molecule has 0 radical (unpaired) electrons. The molecular weight excluding hydrogens is 791 g/mol. The van der Waals surface area contributed by atoms with Crippen molar-refractivity contribution >= 4 is 59.9 Å². The average molecular weight is 854 g/mol. The van der Waals surface area contributed by atoms with E-state index in [0.29, 0.717) is 12.8 Å². The molecule has 1 heterocycles. The summed E-state index contributed by atoms with van der Waals surface area (Å²) in [6, 6.07) is -6.04. The number of hydrogen-bond acceptors (Lipinski definition) is 11. The van der Waals surface area contributed by atoms with Crippen molar-refractivity contribution in [3.8, 4) is 0 Å². The molecule has 2 aliphatic carbocycles. The predicted octanol–water partition coefficient (Wildman–Crippen LogP) is 1.91. The molecule has 0 aromatic heterocycles. The minimum Gasteiger partial charge on any atom is -0.478 e. The van der Waals surface area contributed by atoms with Gasteiger partial charge in [0, 0.05) is 24.3 Å². The smallest absolute Gasteiger partial charge is 0.336 e. The monoisotopic (exact) mass is 853 g/mol. The predicted molar refractivity (Wildman–Crippen MR) is 224 cm³/mol. The van der Waals surface area contributed by atoms with Gasteiger partial charge in [-0.25, -0.2) is 9.59 Å². The van der Waals surface area contributed by atoms with Crippen molar-refractivity contribution in [3.05, 3.63) is 35.6 Å². The Kier molecular flexibility index (Phi) is 19.0. The standard InChI is InChI=1S/C43H63N7O11/c1-25(29(42(59)60)21-22-45-5)37(54)46-30(19-13-14-20-32(52)61-6)38(55)49-35(43(2,3)4)41(58)50-24-28(51)23-31(50)39(56)48-34(27-17-11-8-12-18-27)40(57)47-33(36(44)53)26-15-9-7-10-16-26/h14,20-22,26-27,30-31,33-35H,5,7-13,15-19,23-24H2,1-4,6H3,(H2,44,53)(H,46,54)(H,47,57)(H,48,56)(H,49,55)(H,59,60)/b20-14+,22-21-,29-25-/t30-,31-,33-,34-,35+/m0/s1. The summed E-state index contributed by atoms with van der Waals surface area (Å²) in [6.07, 6.45) is 12.5. The van der Waals surface area contributed by atoms with Gasteiger partial charge in [-0.15, -0.1) is 0 Å². The van der Waals surface area contributed by atoms with E-state index in [4.69, 9.17) is 5.73 Å². The van der Waals surface area contributed by atoms with Crippen molar-refractivity contribution in [2.75, 3.05) is 13.7 Å². The highest BCUT2D eigenvalue weighted by molar-refractivity contribution is 6.05. The fourth-order valence-electron chi connectivity index (χ4n) is 8.11. The number of carbonyl (C=O) groups excluding carboxylic acids is 8. The molecule has 2 saturated carbocycles. The maximum absolute atomic E-state index is 14.5. The number of carbonyl (C=O) groups is 9. The molecule has 61 heavy (non-hydrogen) atoms. The minimum absolute atomic E-state index is 0.0654. The van der Waals surface area contributed by atoms with Crippen molar-refractivity contribution in [1.29, 1.82) is 0 Å². The number of allylic oxidation sites excluding steroid dienone is 1. The van der Waals surface area contributed by atoms with E-state index < -0.39 is 101 Å². The maximum atomic E-state index is 14.5. The van der Waals surface area contributed by atoms with Crippen LogP contribution in [0.2, 0.25) is 0 Å². The topological polar surface area (TPSA) is 273 Å². The molecule has 3 aliphatic rings. The molecule has 18 nitrogen and oxygen atoms in total. The molecule has 1 aliphatic heterocycles. The highest BCUT2D eigenvalue weighted by Gasteiger charge is 2.46. The number of nitrogens with zero attached hydrogens (tertiary/aromatic N) is 2. The van der Waals surface area contributed by atoms with E-state index in [2.05, 4.69) is 37.7 Å². The lowest BCUT2D eigenvalue weighted by atomic mass is 9.81. The van der Waals surface area contributed by atoms with Crippen LogP contribution in [-0.4, -0.2) is 114 Å². The molecule has 7 N–H and O–H groups in total. The number of rotatable bonds is 19. The van der Waals surface area contributed by atoms with Crippen LogP contribution in [-0.2, 0) is 47.9 Å². The van der Waals surface area contributed by atoms with Crippen LogP contribution in [0.15, 0.2) is 40.6 Å². The van der Waals surface area contributed by atoms with E-state index in [-0.39, 0.29) is 36.7 Å². The number of carboxylic acid groups (broad SMARTS) is 1. The summed E-state index contributed by atoms with van der Waals surface area (Å²) in [5.41, 5.74) is 4.07. The number of esters is 1. The minimum atomic E-state index is -1.44. The molecular formula is C43H63N7O11. The lowest BCUT2D eigenvalue weighted by molar-refractivity contribution is -0.145. The number of hydrogen-bond donors (Lipinski definition) is 6. The van der Waals surface area contributed by atoms with Gasteiger partial charge in [-0.1, -0.05) is 65.4 Å². The van der Waals surface area contributed by atoms with E-state index in [9.17, 15) is 48.3 Å². The largest absolute Gasteiger partial charge is 0.478 e. The first-order valence-corrected chi connectivity index (χ1v) is 20.9. The van der Waals surface area contributed by atoms with Crippen LogP contribution in [0.25, 0.3) is 0 Å². The summed E-state index contributed by atoms with van der Waals surface area (Å²) in [4.78, 5) is 124. The summed E-state index contributed by atoms with van der Waals surface area (Å²) in [6.45, 7) is 9.03. The van der Waals surface area contributed by atoms with Gasteiger partial charge in [0.1, 0.15) is 30.2 Å². The summed E-state index contributed by atoms with van der Waals surface area (Å²) in [5.74, 6) is -7.39. The van der Waals surface area contributed by atoms with E-state index in [0.717, 1.165) is 74.6 Å². The van der Waals surface area contributed by atoms with Gasteiger partial charge in [0.15, 0.2) is 5.78 Å². The van der Waals surface area contributed by atoms with Crippen molar-refractivity contribution < 1.29 is 53.0 Å². The van der Waals surface area contributed by atoms with Gasteiger partial charge >= 0.3 is 11.9 Å². The van der Waals surface area contributed by atoms with Gasteiger partial charge in [0.05, 0.1) is 19.2 Å². The Labute approximate surface area is 357 Å². The lowest BCUT2D eigenvalue weighted by Gasteiger charge is -2.37. The highest BCUT2D eigenvalue weighted by atomic mass is 16.5. The van der Waals surface area contributed by atoms with Gasteiger partial charge in [-0.05, 0) is 75.5 Å². The van der Waals surface area contributed by atoms with Crippen LogP contribution in [0.3, 0.4) is 0 Å². The van der Waals surface area contributed by atoms with Crippen molar-refractivity contribution in [2.45, 2.75) is 141 Å². The van der Waals surface area contributed by atoms with Crippen LogP contribution in [0, 0.1) is 17.3 Å². The number of carboxylic acids is 1. The number of ether oxygens (including phenoxy) is 1. The average Bonchev–Trinajstić information content (AvgIpc) is 3.62. The van der Waals surface area contributed by atoms with Gasteiger partial charge in [0.2, 0.25) is 35.4 Å². The van der Waals surface area contributed by atoms with Crippen molar-refractivity contribution in [2.24, 2.45) is 28.0 Å². The third-order valence-corrected chi connectivity index (χ3v) is 11.6. The second-order valence-electron chi connectivity index (χ2n) is 17.1. The Bertz CT molecular complexity index is 1770. The summed E-state index contributed by atoms with van der Waals surface area (Å²) in [7, 11) is 1.19. The number of nitrogens with one attached hydrogen (secondary N) is 4. The Balaban J connectivity index is 1.91. The van der Waals surface area contributed by atoms with Crippen LogP contribution in [0.5, 0.6) is 0 Å². The maximum Gasteiger partial charge on any atom is 0.336 e. The van der Waals surface area contributed by atoms with Crippen molar-refractivity contribution in [3.63, 3.8) is 0 Å². The fourth-order valence-corrected chi connectivity index (χ4v) is 8.11. The second kappa shape index (κ2) is 23.4. The SMILES string of the molecule is C=N/C=C\C(C(=O)O)=C(/C)C(=O)N[C@@H](CC/C=C/C(=O)OC)C(=O)N[C@H](C(=O)N1CC(=O)C[C@H]1C(=O)N[C@H](C(=O)N[C@H](C(N)=O)C1CCCCC1)C1CCCCC1)C(C)(C)C. The number of aliphatic carboxylic acids is 1. The molecule has 18 heteroatoms. The zero-order valence-electron chi connectivity index (χ0n) is 36.0. The quantitative estimate of drug-likeness (QED) is 0.0473.